The van der Waals surface area contributed by atoms with Crippen LogP contribution in [0.15, 0.2) is 24.3 Å². The lowest BCUT2D eigenvalue weighted by molar-refractivity contribution is -0.153. The molecule has 1 N–H and O–H groups in total. The van der Waals surface area contributed by atoms with Gasteiger partial charge in [0, 0.05) is 37.8 Å². The second-order valence-electron chi connectivity index (χ2n) is 9.89. The van der Waals surface area contributed by atoms with Gasteiger partial charge in [-0.25, -0.2) is 0 Å². The van der Waals surface area contributed by atoms with Crippen molar-refractivity contribution in [1.82, 2.24) is 10.2 Å². The highest BCUT2D eigenvalue weighted by Crippen LogP contribution is 2.47. The SMILES string of the molecule is CC(=O)N[C@@]1(C)C[C@H](c2ccc(OCCN3CCCC3=O)cc2)O[C@@H]2C[C@H](C)CC[C@H]21. The Morgan fingerprint density at radius 2 is 2.06 bits per heavy atom. The van der Waals surface area contributed by atoms with Crippen LogP contribution < -0.4 is 10.1 Å². The van der Waals surface area contributed by atoms with Crippen molar-refractivity contribution in [2.75, 3.05) is 19.7 Å². The van der Waals surface area contributed by atoms with Gasteiger partial charge in [-0.15, -0.1) is 0 Å². The van der Waals surface area contributed by atoms with E-state index < -0.39 is 0 Å². The standard InChI is InChI=1S/C25H36N2O4/c1-17-6-11-21-22(15-17)31-23(16-25(21,3)26-18(2)28)19-7-9-20(10-8-19)30-14-13-27-12-4-5-24(27)29/h7-10,17,21-23H,4-6,11-16H2,1-3H3,(H,26,28)/t17-,21-,22-,23-,25+/m1/s1. The minimum Gasteiger partial charge on any atom is -0.492 e. The van der Waals surface area contributed by atoms with Crippen LogP contribution in [-0.4, -0.2) is 48.1 Å². The van der Waals surface area contributed by atoms with E-state index in [1.165, 1.54) is 6.42 Å². The Kier molecular flexibility index (Phi) is 6.56. The highest BCUT2D eigenvalue weighted by Gasteiger charge is 2.49. The van der Waals surface area contributed by atoms with Gasteiger partial charge in [0.15, 0.2) is 0 Å². The van der Waals surface area contributed by atoms with Gasteiger partial charge in [-0.05, 0) is 49.8 Å². The zero-order valence-electron chi connectivity index (χ0n) is 19.1. The van der Waals surface area contributed by atoms with E-state index >= 15 is 0 Å². The van der Waals surface area contributed by atoms with Gasteiger partial charge in [0.25, 0.3) is 0 Å². The molecule has 0 radical (unpaired) electrons. The quantitative estimate of drug-likeness (QED) is 0.747. The molecule has 2 heterocycles. The molecule has 2 saturated heterocycles. The second kappa shape index (κ2) is 9.19. The number of rotatable bonds is 6. The summed E-state index contributed by atoms with van der Waals surface area (Å²) in [4.78, 5) is 25.5. The molecule has 1 aromatic carbocycles. The molecule has 0 unspecified atom stereocenters. The van der Waals surface area contributed by atoms with Crippen molar-refractivity contribution < 1.29 is 19.1 Å². The number of hydrogen-bond acceptors (Lipinski definition) is 4. The number of likely N-dealkylation sites (tertiary alicyclic amines) is 1. The van der Waals surface area contributed by atoms with Gasteiger partial charge in [0.2, 0.25) is 11.8 Å². The lowest BCUT2D eigenvalue weighted by atomic mass is 9.66. The number of carbonyl (C=O) groups is 2. The van der Waals surface area contributed by atoms with Crippen LogP contribution in [0.5, 0.6) is 5.75 Å². The summed E-state index contributed by atoms with van der Waals surface area (Å²) in [6.07, 6.45) is 5.86. The average Bonchev–Trinajstić information content (AvgIpc) is 3.12. The smallest absolute Gasteiger partial charge is 0.222 e. The summed E-state index contributed by atoms with van der Waals surface area (Å²) in [5.74, 6) is 2.08. The summed E-state index contributed by atoms with van der Waals surface area (Å²) in [7, 11) is 0. The van der Waals surface area contributed by atoms with Crippen molar-refractivity contribution in [2.24, 2.45) is 11.8 Å². The Morgan fingerprint density at radius 3 is 2.74 bits per heavy atom. The molecule has 31 heavy (non-hydrogen) atoms. The zero-order valence-corrected chi connectivity index (χ0v) is 19.1. The van der Waals surface area contributed by atoms with Crippen LogP contribution in [0.25, 0.3) is 0 Å². The number of nitrogens with zero attached hydrogens (tertiary/aromatic N) is 1. The van der Waals surface area contributed by atoms with Gasteiger partial charge in [0.1, 0.15) is 12.4 Å². The lowest BCUT2D eigenvalue weighted by Gasteiger charge is -2.52. The summed E-state index contributed by atoms with van der Waals surface area (Å²) >= 11 is 0. The molecule has 170 valence electrons. The largest absolute Gasteiger partial charge is 0.492 e. The predicted octanol–water partition coefficient (Wildman–Crippen LogP) is 3.85. The van der Waals surface area contributed by atoms with E-state index in [0.717, 1.165) is 43.5 Å². The molecule has 0 aromatic heterocycles. The van der Waals surface area contributed by atoms with Crippen molar-refractivity contribution in [2.45, 2.75) is 77.0 Å². The third-order valence-electron chi connectivity index (χ3n) is 7.34. The minimum atomic E-state index is -0.253. The fourth-order valence-corrected chi connectivity index (χ4v) is 5.74. The maximum atomic E-state index is 12.0. The van der Waals surface area contributed by atoms with E-state index in [0.29, 0.717) is 31.4 Å². The molecule has 0 bridgehead atoms. The Bertz CT molecular complexity index is 795. The number of ether oxygens (including phenoxy) is 2. The zero-order chi connectivity index (χ0) is 22.0. The highest BCUT2D eigenvalue weighted by atomic mass is 16.5. The molecule has 3 aliphatic rings. The first-order valence-corrected chi connectivity index (χ1v) is 11.8. The number of fused-ring (bicyclic) bond motifs is 1. The second-order valence-corrected chi connectivity index (χ2v) is 9.89. The van der Waals surface area contributed by atoms with Gasteiger partial charge in [-0.1, -0.05) is 25.5 Å². The fraction of sp³-hybridized carbons (Fsp3) is 0.680. The highest BCUT2D eigenvalue weighted by molar-refractivity contribution is 5.78. The van der Waals surface area contributed by atoms with Gasteiger partial charge < -0.3 is 19.7 Å². The molecule has 1 saturated carbocycles. The van der Waals surface area contributed by atoms with Crippen molar-refractivity contribution in [3.63, 3.8) is 0 Å². The first kappa shape index (κ1) is 22.1. The maximum Gasteiger partial charge on any atom is 0.222 e. The number of hydrogen-bond donors (Lipinski definition) is 1. The summed E-state index contributed by atoms with van der Waals surface area (Å²) in [5, 5.41) is 3.27. The van der Waals surface area contributed by atoms with Crippen molar-refractivity contribution in [1.29, 1.82) is 0 Å². The van der Waals surface area contributed by atoms with E-state index in [1.54, 1.807) is 6.92 Å². The molecule has 4 rings (SSSR count). The topological polar surface area (TPSA) is 67.9 Å². The van der Waals surface area contributed by atoms with Crippen LogP contribution in [-0.2, 0) is 14.3 Å². The third-order valence-corrected chi connectivity index (χ3v) is 7.34. The average molecular weight is 429 g/mol. The van der Waals surface area contributed by atoms with E-state index in [-0.39, 0.29) is 29.6 Å². The van der Waals surface area contributed by atoms with E-state index in [2.05, 4.69) is 31.3 Å². The van der Waals surface area contributed by atoms with Crippen molar-refractivity contribution in [3.05, 3.63) is 29.8 Å². The molecule has 1 aliphatic carbocycles. The predicted molar refractivity (Wildman–Crippen MR) is 119 cm³/mol. The van der Waals surface area contributed by atoms with Crippen LogP contribution >= 0.6 is 0 Å². The molecule has 2 aliphatic heterocycles. The van der Waals surface area contributed by atoms with Crippen LogP contribution in [0.3, 0.4) is 0 Å². The van der Waals surface area contributed by atoms with Gasteiger partial charge in [-0.3, -0.25) is 9.59 Å². The molecule has 5 atom stereocenters. The van der Waals surface area contributed by atoms with Gasteiger partial charge in [-0.2, -0.15) is 0 Å². The van der Waals surface area contributed by atoms with Gasteiger partial charge in [0.05, 0.1) is 18.8 Å². The molecule has 1 aromatic rings. The summed E-state index contributed by atoms with van der Waals surface area (Å²) in [6.45, 7) is 8.08. The van der Waals surface area contributed by atoms with Crippen LogP contribution in [0, 0.1) is 11.8 Å². The molecule has 0 spiro atoms. The van der Waals surface area contributed by atoms with E-state index in [9.17, 15) is 9.59 Å². The number of amides is 2. The Balaban J connectivity index is 1.40. The Labute approximate surface area is 185 Å². The Morgan fingerprint density at radius 1 is 1.29 bits per heavy atom. The number of nitrogens with one attached hydrogen (secondary N) is 1. The molecule has 6 nitrogen and oxygen atoms in total. The molecular weight excluding hydrogens is 392 g/mol. The lowest BCUT2D eigenvalue weighted by Crippen LogP contribution is -2.60. The third kappa shape index (κ3) is 5.05. The van der Waals surface area contributed by atoms with Crippen molar-refractivity contribution in [3.8, 4) is 5.75 Å². The van der Waals surface area contributed by atoms with E-state index in [4.69, 9.17) is 9.47 Å². The monoisotopic (exact) mass is 428 g/mol. The summed E-state index contributed by atoms with van der Waals surface area (Å²) in [5.41, 5.74) is 0.868. The minimum absolute atomic E-state index is 0.0285. The van der Waals surface area contributed by atoms with Crippen LogP contribution in [0.1, 0.15) is 71.0 Å². The molecule has 2 amide bonds. The number of carbonyl (C=O) groups excluding carboxylic acids is 2. The maximum absolute atomic E-state index is 12.0. The molecule has 3 fully saturated rings. The van der Waals surface area contributed by atoms with Crippen LogP contribution in [0.4, 0.5) is 0 Å². The molecule has 6 heteroatoms. The first-order valence-electron chi connectivity index (χ1n) is 11.8. The fourth-order valence-electron chi connectivity index (χ4n) is 5.74. The first-order chi connectivity index (χ1) is 14.8. The number of benzene rings is 1. The van der Waals surface area contributed by atoms with Gasteiger partial charge >= 0.3 is 0 Å². The van der Waals surface area contributed by atoms with Crippen molar-refractivity contribution >= 4 is 11.8 Å². The van der Waals surface area contributed by atoms with Crippen LogP contribution in [0.2, 0.25) is 0 Å². The summed E-state index contributed by atoms with van der Waals surface area (Å²) in [6, 6.07) is 8.11. The van der Waals surface area contributed by atoms with E-state index in [1.807, 2.05) is 17.0 Å². The molecular formula is C25H36N2O4. The Hall–Kier alpha value is -2.08. The normalized spacial score (nSPS) is 33.1. The summed E-state index contributed by atoms with van der Waals surface area (Å²) < 4.78 is 12.4.